The highest BCUT2D eigenvalue weighted by molar-refractivity contribution is 14.1. The fraction of sp³-hybridized carbons (Fsp3) is 0.333. The van der Waals surface area contributed by atoms with Crippen molar-refractivity contribution in [2.24, 2.45) is 0 Å². The van der Waals surface area contributed by atoms with Crippen molar-refractivity contribution in [2.45, 2.75) is 6.54 Å². The minimum absolute atomic E-state index is 1.09. The molecule has 0 spiro atoms. The van der Waals surface area contributed by atoms with Gasteiger partial charge in [-0.25, -0.2) is 0 Å². The molecule has 0 saturated heterocycles. The van der Waals surface area contributed by atoms with E-state index in [1.807, 2.05) is 0 Å². The van der Waals surface area contributed by atoms with Crippen molar-refractivity contribution in [3.8, 4) is 0 Å². The third-order valence-corrected chi connectivity index (χ3v) is 3.08. The molecule has 2 rings (SSSR count). The van der Waals surface area contributed by atoms with E-state index in [9.17, 15) is 0 Å². The highest BCUT2D eigenvalue weighted by atomic mass is 127. The van der Waals surface area contributed by atoms with Crippen LogP contribution in [0.4, 0.5) is 5.69 Å². The predicted molar refractivity (Wildman–Crippen MR) is 75.2 cm³/mol. The molecule has 1 aromatic heterocycles. The first-order valence-electron chi connectivity index (χ1n) is 5.04. The van der Waals surface area contributed by atoms with E-state index in [1.54, 1.807) is 0 Å². The van der Waals surface area contributed by atoms with Crippen LogP contribution in [-0.2, 0) is 6.54 Å². The lowest BCUT2D eigenvalue weighted by Gasteiger charge is -2.12. The third kappa shape index (κ3) is 2.12. The second-order valence-corrected chi connectivity index (χ2v) is 4.91. The lowest BCUT2D eigenvalue weighted by Crippen LogP contribution is -2.08. The van der Waals surface area contributed by atoms with Gasteiger partial charge >= 0.3 is 0 Å². The molecule has 0 aliphatic carbocycles. The van der Waals surface area contributed by atoms with E-state index in [4.69, 9.17) is 0 Å². The van der Waals surface area contributed by atoms with Gasteiger partial charge in [-0.1, -0.05) is 22.6 Å². The summed E-state index contributed by atoms with van der Waals surface area (Å²) < 4.78 is 3.46. The molecule has 0 N–H and O–H groups in total. The number of hydrogen-bond acceptors (Lipinski definition) is 1. The first-order chi connectivity index (χ1) is 7.22. The summed E-state index contributed by atoms with van der Waals surface area (Å²) in [5, 5.41) is 1.33. The van der Waals surface area contributed by atoms with Gasteiger partial charge in [-0.15, -0.1) is 0 Å². The molecule has 0 aliphatic heterocycles. The fourth-order valence-corrected chi connectivity index (χ4v) is 2.27. The molecule has 0 atom stereocenters. The maximum atomic E-state index is 2.41. The Labute approximate surface area is 104 Å². The summed E-state index contributed by atoms with van der Waals surface area (Å²) >= 11 is 2.41. The summed E-state index contributed by atoms with van der Waals surface area (Å²) in [6.45, 7) is 1.09. The quantitative estimate of drug-likeness (QED) is 0.624. The van der Waals surface area contributed by atoms with Crippen molar-refractivity contribution in [3.05, 3.63) is 30.5 Å². The molecule has 80 valence electrons. The van der Waals surface area contributed by atoms with Crippen LogP contribution >= 0.6 is 22.6 Å². The van der Waals surface area contributed by atoms with Crippen LogP contribution in [0.15, 0.2) is 30.5 Å². The van der Waals surface area contributed by atoms with Crippen LogP contribution < -0.4 is 4.90 Å². The average Bonchev–Trinajstić information content (AvgIpc) is 2.61. The minimum atomic E-state index is 1.09. The van der Waals surface area contributed by atoms with E-state index >= 15 is 0 Å². The Bertz CT molecular complexity index is 460. The normalized spacial score (nSPS) is 10.9. The van der Waals surface area contributed by atoms with Gasteiger partial charge in [0, 0.05) is 47.9 Å². The second-order valence-electron chi connectivity index (χ2n) is 3.84. The number of alkyl halides is 1. The molecule has 0 saturated carbocycles. The van der Waals surface area contributed by atoms with E-state index in [1.165, 1.54) is 16.6 Å². The van der Waals surface area contributed by atoms with Crippen molar-refractivity contribution in [3.63, 3.8) is 0 Å². The zero-order valence-electron chi connectivity index (χ0n) is 9.07. The number of benzene rings is 1. The standard InChI is InChI=1S/C12H15IN2/c1-14(2)11-3-4-12-10(9-11)5-7-15(12)8-6-13/h3-5,7,9H,6,8H2,1-2H3. The van der Waals surface area contributed by atoms with Crippen LogP contribution in [0.3, 0.4) is 0 Å². The summed E-state index contributed by atoms with van der Waals surface area (Å²) in [6.07, 6.45) is 2.17. The van der Waals surface area contributed by atoms with Gasteiger partial charge in [0.15, 0.2) is 0 Å². The van der Waals surface area contributed by atoms with Gasteiger partial charge in [0.2, 0.25) is 0 Å². The Morgan fingerprint density at radius 3 is 2.73 bits per heavy atom. The lowest BCUT2D eigenvalue weighted by molar-refractivity contribution is 0.817. The average molecular weight is 314 g/mol. The number of hydrogen-bond donors (Lipinski definition) is 0. The Morgan fingerprint density at radius 2 is 2.07 bits per heavy atom. The number of aromatic nitrogens is 1. The molecule has 0 amide bonds. The van der Waals surface area contributed by atoms with Crippen molar-refractivity contribution in [2.75, 3.05) is 23.4 Å². The highest BCUT2D eigenvalue weighted by Gasteiger charge is 2.02. The lowest BCUT2D eigenvalue weighted by atomic mass is 10.2. The third-order valence-electron chi connectivity index (χ3n) is 2.60. The number of anilines is 1. The minimum Gasteiger partial charge on any atom is -0.378 e. The Kier molecular flexibility index (Phi) is 3.19. The number of rotatable bonds is 3. The van der Waals surface area contributed by atoms with Gasteiger partial charge in [0.05, 0.1) is 0 Å². The van der Waals surface area contributed by atoms with Gasteiger partial charge < -0.3 is 9.47 Å². The first-order valence-corrected chi connectivity index (χ1v) is 6.57. The Balaban J connectivity index is 2.47. The van der Waals surface area contributed by atoms with Gasteiger partial charge in [-0.2, -0.15) is 0 Å². The van der Waals surface area contributed by atoms with Crippen molar-refractivity contribution < 1.29 is 0 Å². The van der Waals surface area contributed by atoms with Crippen LogP contribution in [0.5, 0.6) is 0 Å². The zero-order chi connectivity index (χ0) is 10.8. The molecular formula is C12H15IN2. The van der Waals surface area contributed by atoms with Gasteiger partial charge in [0.1, 0.15) is 0 Å². The van der Waals surface area contributed by atoms with Crippen molar-refractivity contribution >= 4 is 39.2 Å². The fourth-order valence-electron chi connectivity index (χ4n) is 1.75. The van der Waals surface area contributed by atoms with E-state index in [2.05, 4.69) is 76.6 Å². The molecule has 0 fully saturated rings. The summed E-state index contributed by atoms with van der Waals surface area (Å²) in [5.74, 6) is 0. The number of fused-ring (bicyclic) bond motifs is 1. The number of nitrogens with zero attached hydrogens (tertiary/aromatic N) is 2. The van der Waals surface area contributed by atoms with Crippen molar-refractivity contribution in [1.29, 1.82) is 0 Å². The molecule has 0 aliphatic rings. The van der Waals surface area contributed by atoms with Crippen LogP contribution in [0.2, 0.25) is 0 Å². The Morgan fingerprint density at radius 1 is 1.27 bits per heavy atom. The van der Waals surface area contributed by atoms with E-state index in [0.717, 1.165) is 11.0 Å². The zero-order valence-corrected chi connectivity index (χ0v) is 11.2. The topological polar surface area (TPSA) is 8.17 Å². The van der Waals surface area contributed by atoms with Crippen LogP contribution in [0.25, 0.3) is 10.9 Å². The number of halogens is 1. The molecule has 2 aromatic rings. The molecule has 3 heteroatoms. The monoisotopic (exact) mass is 314 g/mol. The van der Waals surface area contributed by atoms with Crippen LogP contribution in [0.1, 0.15) is 0 Å². The highest BCUT2D eigenvalue weighted by Crippen LogP contribution is 2.22. The maximum Gasteiger partial charge on any atom is 0.0482 e. The van der Waals surface area contributed by atoms with E-state index in [-0.39, 0.29) is 0 Å². The van der Waals surface area contributed by atoms with Crippen molar-refractivity contribution in [1.82, 2.24) is 4.57 Å². The molecule has 0 radical (unpaired) electrons. The molecule has 1 aromatic carbocycles. The Hall–Kier alpha value is -0.710. The van der Waals surface area contributed by atoms with Crippen LogP contribution in [-0.4, -0.2) is 23.1 Å². The van der Waals surface area contributed by atoms with Gasteiger partial charge in [-0.3, -0.25) is 0 Å². The second kappa shape index (κ2) is 4.43. The largest absolute Gasteiger partial charge is 0.378 e. The summed E-state index contributed by atoms with van der Waals surface area (Å²) in [5.41, 5.74) is 2.59. The summed E-state index contributed by atoms with van der Waals surface area (Å²) in [7, 11) is 4.14. The molecule has 15 heavy (non-hydrogen) atoms. The smallest absolute Gasteiger partial charge is 0.0482 e. The molecule has 0 bridgehead atoms. The molecule has 1 heterocycles. The first kappa shape index (κ1) is 10.8. The van der Waals surface area contributed by atoms with Gasteiger partial charge in [-0.05, 0) is 24.3 Å². The summed E-state index contributed by atoms with van der Waals surface area (Å²) in [4.78, 5) is 2.13. The molecule has 2 nitrogen and oxygen atoms in total. The van der Waals surface area contributed by atoms with Gasteiger partial charge in [0.25, 0.3) is 0 Å². The SMILES string of the molecule is CN(C)c1ccc2c(ccn2CCI)c1. The maximum absolute atomic E-state index is 2.41. The molecule has 0 unspecified atom stereocenters. The number of aryl methyl sites for hydroxylation is 1. The molecular weight excluding hydrogens is 299 g/mol. The summed E-state index contributed by atoms with van der Waals surface area (Å²) in [6, 6.07) is 8.80. The van der Waals surface area contributed by atoms with E-state index in [0.29, 0.717) is 0 Å². The van der Waals surface area contributed by atoms with E-state index < -0.39 is 0 Å². The predicted octanol–water partition coefficient (Wildman–Crippen LogP) is 3.14. The van der Waals surface area contributed by atoms with Crippen LogP contribution in [0, 0.1) is 0 Å².